The van der Waals surface area contributed by atoms with Gasteiger partial charge in [-0.2, -0.15) is 0 Å². The lowest BCUT2D eigenvalue weighted by molar-refractivity contribution is -0.163. The number of carbonyl (C=O) groups excluding carboxylic acids is 4. The second-order valence-electron chi connectivity index (χ2n) is 28.5. The van der Waals surface area contributed by atoms with Crippen molar-refractivity contribution in [2.75, 3.05) is 343 Å². The van der Waals surface area contributed by atoms with Gasteiger partial charge in [-0.05, 0) is 44.9 Å². The first-order valence-electron chi connectivity index (χ1n) is 46.1. The van der Waals surface area contributed by atoms with Crippen LogP contribution in [0.5, 0.6) is 0 Å². The molecule has 0 saturated carbocycles. The summed E-state index contributed by atoms with van der Waals surface area (Å²) in [5.74, 6) is -1.80. The maximum Gasteiger partial charge on any atom is 0.321 e. The fraction of sp³-hybridized carbons (Fsp3) is 0.943. The first-order chi connectivity index (χ1) is 60.2. The number of carboxylic acids is 1. The number of amides is 1. The quantitative estimate of drug-likeness (QED) is 0.0247. The van der Waals surface area contributed by atoms with E-state index >= 15 is 0 Å². The normalized spacial score (nSPS) is 11.7. The molecule has 0 fully saturated rings. The van der Waals surface area contributed by atoms with E-state index in [0.717, 1.165) is 141 Å². The average Bonchev–Trinajstić information content (AvgIpc) is 0.809. The van der Waals surface area contributed by atoms with Gasteiger partial charge in [0.2, 0.25) is 5.91 Å². The molecule has 0 aliphatic carbocycles. The lowest BCUT2D eigenvalue weighted by atomic mass is 9.76. The van der Waals surface area contributed by atoms with Crippen LogP contribution in [0.25, 0.3) is 0 Å². The van der Waals surface area contributed by atoms with Gasteiger partial charge in [0.1, 0.15) is 5.41 Å². The van der Waals surface area contributed by atoms with Gasteiger partial charge in [0.15, 0.2) is 0 Å². The van der Waals surface area contributed by atoms with E-state index in [1.807, 2.05) is 0 Å². The maximum atomic E-state index is 14.3. The van der Waals surface area contributed by atoms with Crippen LogP contribution in [0.2, 0.25) is 0 Å². The van der Waals surface area contributed by atoms with Crippen molar-refractivity contribution in [3.63, 3.8) is 0 Å². The average molecular weight is 1770 g/mol. The summed E-state index contributed by atoms with van der Waals surface area (Å²) in [6.45, 7) is 29.0. The molecule has 0 unspecified atom stereocenters. The summed E-state index contributed by atoms with van der Waals surface area (Å²) in [5, 5.41) is 11.6. The Hall–Kier alpha value is -3.61. The van der Waals surface area contributed by atoms with E-state index in [9.17, 15) is 24.0 Å². The lowest BCUT2D eigenvalue weighted by Crippen LogP contribution is -2.48. The minimum atomic E-state index is -1.27. The minimum absolute atomic E-state index is 0.0137. The van der Waals surface area contributed by atoms with E-state index < -0.39 is 17.4 Å². The van der Waals surface area contributed by atoms with E-state index in [1.54, 1.807) is 0 Å². The van der Waals surface area contributed by atoms with Crippen molar-refractivity contribution in [2.24, 2.45) is 5.41 Å². The SMILES string of the molecule is CCCCOC(=O)CCCCCCCCCCC(CCCCCCCCCCC(=O)OCCCC)(C(=O)NCCOCCOCCOCCOCCOCCOCCOCCOCCOCCOCCOCCOCCOCCOCCOCCOCCOCCOCCOCCOCCOCCOCCOCCOCCC(=O)O)C(=O)OCCCC. The van der Waals surface area contributed by atoms with Crippen LogP contribution >= 0.6 is 0 Å². The molecule has 34 nitrogen and oxygen atoms in total. The van der Waals surface area contributed by atoms with Crippen LogP contribution in [0, 0.1) is 5.41 Å². The van der Waals surface area contributed by atoms with Crippen molar-refractivity contribution in [3.05, 3.63) is 0 Å². The molecule has 0 rings (SSSR count). The predicted molar refractivity (Wildman–Crippen MR) is 457 cm³/mol. The zero-order chi connectivity index (χ0) is 88.0. The molecule has 0 saturated heterocycles. The summed E-state index contributed by atoms with van der Waals surface area (Å²) in [6, 6.07) is 0. The van der Waals surface area contributed by atoms with Gasteiger partial charge in [0.25, 0.3) is 0 Å². The van der Waals surface area contributed by atoms with Crippen LogP contribution in [0.3, 0.4) is 0 Å². The van der Waals surface area contributed by atoms with Crippen LogP contribution < -0.4 is 5.32 Å². The molecule has 0 aliphatic heterocycles. The van der Waals surface area contributed by atoms with Gasteiger partial charge < -0.3 is 138 Å². The molecule has 0 aromatic heterocycles. The number of unbranched alkanes of at least 4 members (excludes halogenated alkanes) is 17. The third-order valence-electron chi connectivity index (χ3n) is 18.1. The van der Waals surface area contributed by atoms with Crippen LogP contribution in [-0.2, 0) is 152 Å². The van der Waals surface area contributed by atoms with Crippen molar-refractivity contribution < 1.29 is 157 Å². The van der Waals surface area contributed by atoms with Crippen molar-refractivity contribution >= 4 is 29.8 Å². The smallest absolute Gasteiger partial charge is 0.321 e. The Bertz CT molecular complexity index is 2090. The zero-order valence-corrected chi connectivity index (χ0v) is 75.9. The van der Waals surface area contributed by atoms with Crippen LogP contribution in [0.1, 0.15) is 194 Å². The standard InChI is InChI=1S/C88H169NO33/c1-4-7-32-120-84(92)26-22-18-14-10-12-16-20-24-29-88(87(95)122-34-9-6-3,30-25-21-17-13-11-15-19-23-27-85(93)121-33-8-5-2)86(94)89-31-36-97-38-40-99-42-44-101-46-48-103-50-52-105-54-56-107-58-60-109-62-64-111-66-68-113-70-72-115-74-76-117-78-80-119-82-81-118-79-77-116-75-73-114-71-69-112-67-65-110-63-61-108-59-57-106-55-53-104-51-49-102-47-45-100-43-41-98-39-37-96-35-28-83(90)91/h4-82H2,1-3H3,(H,89,94)(H,90,91). The molecule has 1 amide bonds. The number of carboxylic acid groups (broad SMARTS) is 1. The molecule has 122 heavy (non-hydrogen) atoms. The Kier molecular flexibility index (Phi) is 99.7. The molecular weight excluding hydrogens is 1600 g/mol. The van der Waals surface area contributed by atoms with Crippen molar-refractivity contribution in [2.45, 2.75) is 194 Å². The number of esters is 3. The van der Waals surface area contributed by atoms with E-state index in [1.165, 1.54) is 0 Å². The van der Waals surface area contributed by atoms with Gasteiger partial charge in [-0.25, -0.2) is 0 Å². The Morgan fingerprint density at radius 1 is 0.205 bits per heavy atom. The fourth-order valence-corrected chi connectivity index (χ4v) is 11.1. The van der Waals surface area contributed by atoms with Crippen LogP contribution in [-0.4, -0.2) is 378 Å². The first kappa shape index (κ1) is 118. The predicted octanol–water partition coefficient (Wildman–Crippen LogP) is 9.79. The number of rotatable bonds is 108. The Morgan fingerprint density at radius 3 is 0.590 bits per heavy atom. The van der Waals surface area contributed by atoms with Crippen LogP contribution in [0.4, 0.5) is 0 Å². The number of ether oxygens (including phenoxy) is 27. The Morgan fingerprint density at radius 2 is 0.385 bits per heavy atom. The highest BCUT2D eigenvalue weighted by Gasteiger charge is 2.46. The lowest BCUT2D eigenvalue weighted by Gasteiger charge is -2.31. The van der Waals surface area contributed by atoms with Gasteiger partial charge in [-0.15, -0.1) is 0 Å². The van der Waals surface area contributed by atoms with E-state index in [0.29, 0.717) is 349 Å². The van der Waals surface area contributed by atoms with Crippen LogP contribution in [0.15, 0.2) is 0 Å². The van der Waals surface area contributed by atoms with Gasteiger partial charge in [-0.3, -0.25) is 24.0 Å². The number of nitrogens with one attached hydrogen (secondary N) is 1. The largest absolute Gasteiger partial charge is 0.481 e. The molecule has 0 radical (unpaired) electrons. The van der Waals surface area contributed by atoms with E-state index in [2.05, 4.69) is 26.1 Å². The topological polar surface area (TPSA) is 367 Å². The number of hydrogen-bond acceptors (Lipinski definition) is 32. The highest BCUT2D eigenvalue weighted by molar-refractivity contribution is 6.02. The van der Waals surface area contributed by atoms with E-state index in [4.69, 9.17) is 133 Å². The van der Waals surface area contributed by atoms with Crippen molar-refractivity contribution in [3.8, 4) is 0 Å². The summed E-state index contributed by atoms with van der Waals surface area (Å²) in [7, 11) is 0. The maximum absolute atomic E-state index is 14.3. The highest BCUT2D eigenvalue weighted by Crippen LogP contribution is 2.35. The van der Waals surface area contributed by atoms with Gasteiger partial charge >= 0.3 is 23.9 Å². The molecule has 0 aromatic carbocycles. The minimum Gasteiger partial charge on any atom is -0.481 e. The molecule has 34 heteroatoms. The first-order valence-corrected chi connectivity index (χ1v) is 46.1. The second-order valence-corrected chi connectivity index (χ2v) is 28.5. The number of hydrogen-bond donors (Lipinski definition) is 2. The molecule has 0 aliphatic rings. The molecule has 0 heterocycles. The summed E-state index contributed by atoms with van der Waals surface area (Å²) in [4.78, 5) is 62.6. The number of aliphatic carboxylic acids is 1. The summed E-state index contributed by atoms with van der Waals surface area (Å²) in [6.07, 6.45) is 22.7. The molecule has 724 valence electrons. The molecule has 2 N–H and O–H groups in total. The monoisotopic (exact) mass is 1770 g/mol. The van der Waals surface area contributed by atoms with Gasteiger partial charge in [0, 0.05) is 19.4 Å². The fourth-order valence-electron chi connectivity index (χ4n) is 11.1. The summed E-state index contributed by atoms with van der Waals surface area (Å²) < 4.78 is 149. The Balaban J connectivity index is 3.70. The highest BCUT2D eigenvalue weighted by atomic mass is 16.6. The summed E-state index contributed by atoms with van der Waals surface area (Å²) in [5.41, 5.74) is -1.27. The molecule has 0 atom stereocenters. The molecular formula is C88H169NO33. The third kappa shape index (κ3) is 92.6. The second kappa shape index (κ2) is 103. The third-order valence-corrected chi connectivity index (χ3v) is 18.1. The number of carbonyl (C=O) groups is 5. The van der Waals surface area contributed by atoms with Crippen molar-refractivity contribution in [1.82, 2.24) is 5.32 Å². The van der Waals surface area contributed by atoms with Gasteiger partial charge in [0.05, 0.1) is 343 Å². The van der Waals surface area contributed by atoms with Crippen molar-refractivity contribution in [1.29, 1.82) is 0 Å². The Labute approximate surface area is 732 Å². The zero-order valence-electron chi connectivity index (χ0n) is 75.9. The summed E-state index contributed by atoms with van der Waals surface area (Å²) >= 11 is 0. The molecule has 0 aromatic rings. The molecule has 0 spiro atoms. The van der Waals surface area contributed by atoms with E-state index in [-0.39, 0.29) is 44.0 Å². The van der Waals surface area contributed by atoms with Gasteiger partial charge in [-0.1, -0.05) is 130 Å². The molecule has 0 bridgehead atoms.